The van der Waals surface area contributed by atoms with Crippen LogP contribution in [0.3, 0.4) is 0 Å². The van der Waals surface area contributed by atoms with Gasteiger partial charge in [-0.15, -0.1) is 0 Å². The van der Waals surface area contributed by atoms with E-state index in [9.17, 15) is 9.90 Å². The number of isocyanates is 1. The van der Waals surface area contributed by atoms with Gasteiger partial charge in [0, 0.05) is 0 Å². The first-order valence-electron chi connectivity index (χ1n) is 4.66. The number of carbonyl (C=O) groups excluding carboxylic acids is 1. The van der Waals surface area contributed by atoms with Crippen LogP contribution in [-0.2, 0) is 11.3 Å². The Morgan fingerprint density at radius 2 is 2.27 bits per heavy atom. The monoisotopic (exact) mass is 207 g/mol. The lowest BCUT2D eigenvalue weighted by molar-refractivity contribution is 0.238. The minimum absolute atomic E-state index is 0.00533. The van der Waals surface area contributed by atoms with E-state index in [1.807, 2.05) is 13.8 Å². The molecule has 0 atom stereocenters. The van der Waals surface area contributed by atoms with Crippen molar-refractivity contribution in [2.24, 2.45) is 4.99 Å². The molecule has 1 aromatic carbocycles. The zero-order valence-electron chi connectivity index (χ0n) is 8.73. The molecule has 0 saturated carbocycles. The van der Waals surface area contributed by atoms with Crippen LogP contribution in [0.2, 0.25) is 0 Å². The van der Waals surface area contributed by atoms with Crippen molar-refractivity contribution in [2.75, 3.05) is 0 Å². The van der Waals surface area contributed by atoms with E-state index in [-0.39, 0.29) is 18.4 Å². The number of aromatic hydroxyl groups is 1. The molecular formula is C11H13NO3. The highest BCUT2D eigenvalue weighted by Gasteiger charge is 2.09. The fourth-order valence-corrected chi connectivity index (χ4v) is 1.19. The molecule has 80 valence electrons. The van der Waals surface area contributed by atoms with Gasteiger partial charge in [0.15, 0.2) is 0 Å². The van der Waals surface area contributed by atoms with Gasteiger partial charge in [-0.25, -0.2) is 9.79 Å². The van der Waals surface area contributed by atoms with Crippen LogP contribution in [0.25, 0.3) is 0 Å². The summed E-state index contributed by atoms with van der Waals surface area (Å²) in [5.74, 6) is 0.621. The predicted molar refractivity (Wildman–Crippen MR) is 55.7 cm³/mol. The standard InChI is InChI=1S/C11H13NO3/c1-8(2)15-11-5-3-4-10(14)9(11)6-12-7-13/h3-5,8,14H,6H2,1-2H3. The number of benzene rings is 1. The minimum Gasteiger partial charge on any atom is -0.507 e. The molecule has 0 heterocycles. The van der Waals surface area contributed by atoms with Crippen LogP contribution in [-0.4, -0.2) is 17.3 Å². The van der Waals surface area contributed by atoms with Crippen LogP contribution in [0.5, 0.6) is 11.5 Å². The average molecular weight is 207 g/mol. The maximum Gasteiger partial charge on any atom is 0.235 e. The summed E-state index contributed by atoms with van der Waals surface area (Å²) >= 11 is 0. The Kier molecular flexibility index (Phi) is 3.89. The Morgan fingerprint density at radius 3 is 2.87 bits per heavy atom. The molecule has 1 N–H and O–H groups in total. The van der Waals surface area contributed by atoms with E-state index in [0.29, 0.717) is 11.3 Å². The lowest BCUT2D eigenvalue weighted by Gasteiger charge is -2.13. The normalized spacial score (nSPS) is 9.80. The first-order valence-corrected chi connectivity index (χ1v) is 4.66. The highest BCUT2D eigenvalue weighted by molar-refractivity contribution is 5.45. The molecule has 15 heavy (non-hydrogen) atoms. The first-order chi connectivity index (χ1) is 7.15. The number of hydrogen-bond donors (Lipinski definition) is 1. The first kappa shape index (κ1) is 11.3. The van der Waals surface area contributed by atoms with Gasteiger partial charge in [0.25, 0.3) is 0 Å². The molecule has 4 nitrogen and oxygen atoms in total. The number of phenolic OH excluding ortho intramolecular Hbond substituents is 1. The second-order valence-corrected chi connectivity index (χ2v) is 3.33. The van der Waals surface area contributed by atoms with Crippen molar-refractivity contribution < 1.29 is 14.6 Å². The van der Waals surface area contributed by atoms with Crippen molar-refractivity contribution >= 4 is 6.08 Å². The van der Waals surface area contributed by atoms with E-state index in [1.165, 1.54) is 12.1 Å². The summed E-state index contributed by atoms with van der Waals surface area (Å²) in [5, 5.41) is 9.56. The van der Waals surface area contributed by atoms with Crippen molar-refractivity contribution in [2.45, 2.75) is 26.5 Å². The van der Waals surface area contributed by atoms with Crippen LogP contribution >= 0.6 is 0 Å². The highest BCUT2D eigenvalue weighted by Crippen LogP contribution is 2.28. The van der Waals surface area contributed by atoms with Crippen molar-refractivity contribution in [1.82, 2.24) is 0 Å². The largest absolute Gasteiger partial charge is 0.507 e. The van der Waals surface area contributed by atoms with Gasteiger partial charge in [0.05, 0.1) is 18.2 Å². The number of aliphatic imine (C=N–C) groups is 1. The summed E-state index contributed by atoms with van der Waals surface area (Å²) in [6, 6.07) is 4.94. The molecule has 0 fully saturated rings. The minimum atomic E-state index is 0.00533. The summed E-state index contributed by atoms with van der Waals surface area (Å²) in [6.45, 7) is 3.85. The second kappa shape index (κ2) is 5.17. The molecule has 4 heteroatoms. The van der Waals surface area contributed by atoms with Gasteiger partial charge in [0.1, 0.15) is 11.5 Å². The summed E-state index contributed by atoms with van der Waals surface area (Å²) < 4.78 is 5.47. The molecule has 0 amide bonds. The highest BCUT2D eigenvalue weighted by atomic mass is 16.5. The Morgan fingerprint density at radius 1 is 1.53 bits per heavy atom. The van der Waals surface area contributed by atoms with Gasteiger partial charge in [0.2, 0.25) is 6.08 Å². The average Bonchev–Trinajstić information content (AvgIpc) is 2.16. The van der Waals surface area contributed by atoms with E-state index in [0.717, 1.165) is 0 Å². The van der Waals surface area contributed by atoms with E-state index < -0.39 is 0 Å². The number of nitrogens with zero attached hydrogens (tertiary/aromatic N) is 1. The molecule has 0 aliphatic rings. The number of phenols is 1. The van der Waals surface area contributed by atoms with Gasteiger partial charge in [-0.1, -0.05) is 6.07 Å². The maximum absolute atomic E-state index is 10.0. The van der Waals surface area contributed by atoms with E-state index in [2.05, 4.69) is 4.99 Å². The van der Waals surface area contributed by atoms with E-state index in [1.54, 1.807) is 12.1 Å². The van der Waals surface area contributed by atoms with Crippen LogP contribution in [0.15, 0.2) is 23.2 Å². The summed E-state index contributed by atoms with van der Waals surface area (Å²) in [7, 11) is 0. The molecule has 0 aliphatic carbocycles. The molecular weight excluding hydrogens is 194 g/mol. The number of ether oxygens (including phenoxy) is 1. The molecule has 0 radical (unpaired) electrons. The quantitative estimate of drug-likeness (QED) is 0.607. The Hall–Kier alpha value is -1.80. The van der Waals surface area contributed by atoms with E-state index >= 15 is 0 Å². The molecule has 0 saturated heterocycles. The van der Waals surface area contributed by atoms with Crippen LogP contribution < -0.4 is 4.74 Å². The topological polar surface area (TPSA) is 58.9 Å². The predicted octanol–water partition coefficient (Wildman–Crippen LogP) is 2.02. The zero-order chi connectivity index (χ0) is 11.3. The fourth-order valence-electron chi connectivity index (χ4n) is 1.19. The van der Waals surface area contributed by atoms with Crippen LogP contribution in [0.1, 0.15) is 19.4 Å². The second-order valence-electron chi connectivity index (χ2n) is 3.33. The van der Waals surface area contributed by atoms with E-state index in [4.69, 9.17) is 4.74 Å². The third-order valence-corrected chi connectivity index (χ3v) is 1.77. The summed E-state index contributed by atoms with van der Waals surface area (Å²) in [6.07, 6.45) is 1.44. The molecule has 1 aromatic rings. The summed E-state index contributed by atoms with van der Waals surface area (Å²) in [5.41, 5.74) is 0.509. The lowest BCUT2D eigenvalue weighted by atomic mass is 10.2. The molecule has 0 spiro atoms. The lowest BCUT2D eigenvalue weighted by Crippen LogP contribution is -2.07. The molecule has 0 unspecified atom stereocenters. The van der Waals surface area contributed by atoms with Crippen molar-refractivity contribution in [3.05, 3.63) is 23.8 Å². The smallest absolute Gasteiger partial charge is 0.235 e. The Labute approximate surface area is 88.2 Å². The molecule has 0 aliphatic heterocycles. The van der Waals surface area contributed by atoms with Gasteiger partial charge < -0.3 is 9.84 Å². The number of rotatable bonds is 4. The van der Waals surface area contributed by atoms with Gasteiger partial charge >= 0.3 is 0 Å². The van der Waals surface area contributed by atoms with Crippen LogP contribution in [0, 0.1) is 0 Å². The third kappa shape index (κ3) is 3.11. The summed E-state index contributed by atoms with van der Waals surface area (Å²) in [4.78, 5) is 13.4. The molecule has 0 aromatic heterocycles. The van der Waals surface area contributed by atoms with Crippen LogP contribution in [0.4, 0.5) is 0 Å². The van der Waals surface area contributed by atoms with Crippen molar-refractivity contribution in [3.8, 4) is 11.5 Å². The van der Waals surface area contributed by atoms with Gasteiger partial charge in [-0.2, -0.15) is 0 Å². The van der Waals surface area contributed by atoms with Crippen molar-refractivity contribution in [1.29, 1.82) is 0 Å². The maximum atomic E-state index is 10.0. The molecule has 1 rings (SSSR count). The SMILES string of the molecule is CC(C)Oc1cccc(O)c1CN=C=O. The zero-order valence-corrected chi connectivity index (χ0v) is 8.73. The fraction of sp³-hybridized carbons (Fsp3) is 0.364. The Balaban J connectivity index is 3.02. The third-order valence-electron chi connectivity index (χ3n) is 1.77. The van der Waals surface area contributed by atoms with Crippen molar-refractivity contribution in [3.63, 3.8) is 0 Å². The number of hydrogen-bond acceptors (Lipinski definition) is 4. The van der Waals surface area contributed by atoms with Gasteiger partial charge in [-0.3, -0.25) is 0 Å². The molecule has 0 bridgehead atoms. The Bertz CT molecular complexity index is 381. The van der Waals surface area contributed by atoms with Gasteiger partial charge in [-0.05, 0) is 26.0 Å².